The lowest BCUT2D eigenvalue weighted by molar-refractivity contribution is 1.28. The van der Waals surface area contributed by atoms with Gasteiger partial charge in [0.15, 0.2) is 0 Å². The summed E-state index contributed by atoms with van der Waals surface area (Å²) < 4.78 is 1.78. The van der Waals surface area contributed by atoms with Gasteiger partial charge in [-0.15, -0.1) is 0 Å². The molecule has 1 rings (SSSR count). The van der Waals surface area contributed by atoms with E-state index >= 15 is 0 Å². The summed E-state index contributed by atoms with van der Waals surface area (Å²) in [5, 5.41) is 0. The predicted octanol–water partition coefficient (Wildman–Crippen LogP) is 2.51. The van der Waals surface area contributed by atoms with Crippen molar-refractivity contribution in [3.8, 4) is 0 Å². The Morgan fingerprint density at radius 3 is 2.62 bits per heavy atom. The van der Waals surface area contributed by atoms with Crippen LogP contribution in [0.2, 0.25) is 0 Å². The fourth-order valence-electron chi connectivity index (χ4n) is 0.392. The molecule has 0 aliphatic carbocycles. The molecule has 1 N–H and O–H groups in total. The zero-order valence-corrected chi connectivity index (χ0v) is 6.42. The topological polar surface area (TPSA) is 15.8 Å². The highest BCUT2D eigenvalue weighted by molar-refractivity contribution is 9.10. The average molecular weight is 190 g/mol. The van der Waals surface area contributed by atoms with Gasteiger partial charge in [0.25, 0.3) is 0 Å². The van der Waals surface area contributed by atoms with E-state index < -0.39 is 0 Å². The van der Waals surface area contributed by atoms with Crippen LogP contribution >= 0.6 is 28.1 Å². The summed E-state index contributed by atoms with van der Waals surface area (Å²) in [6.45, 7) is 0. The third-order valence-corrected chi connectivity index (χ3v) is 1.49. The Bertz CT molecular complexity index is 210. The fraction of sp³-hybridized carbons (Fsp3) is 0. The van der Waals surface area contributed by atoms with Gasteiger partial charge >= 0.3 is 0 Å². The Morgan fingerprint density at radius 2 is 2.25 bits per heavy atom. The van der Waals surface area contributed by atoms with Crippen molar-refractivity contribution in [2.45, 2.75) is 0 Å². The number of aromatic amines is 1. The van der Waals surface area contributed by atoms with Gasteiger partial charge in [-0.3, -0.25) is 0 Å². The lowest BCUT2D eigenvalue weighted by Crippen LogP contribution is -1.69. The second kappa shape index (κ2) is 2.42. The van der Waals surface area contributed by atoms with Crippen LogP contribution in [0.25, 0.3) is 0 Å². The first-order valence-corrected chi connectivity index (χ1v) is 3.33. The number of pyridine rings is 1. The maximum atomic E-state index is 4.80. The average Bonchev–Trinajstić information content (AvgIpc) is 1.77. The molecule has 1 heterocycles. The highest BCUT2D eigenvalue weighted by atomic mass is 79.9. The lowest BCUT2D eigenvalue weighted by Gasteiger charge is -1.84. The number of hydrogen-bond donors (Lipinski definition) is 1. The normalized spacial score (nSPS) is 9.12. The monoisotopic (exact) mass is 189 g/mol. The molecule has 3 heteroatoms. The van der Waals surface area contributed by atoms with Crippen LogP contribution in [0.3, 0.4) is 0 Å². The number of nitrogens with one attached hydrogen (secondary N) is 1. The highest BCUT2D eigenvalue weighted by Crippen LogP contribution is 2.04. The van der Waals surface area contributed by atoms with Gasteiger partial charge in [-0.1, -0.05) is 12.2 Å². The second-order valence-electron chi connectivity index (χ2n) is 1.37. The molecular weight excluding hydrogens is 186 g/mol. The Hall–Kier alpha value is -0.150. The summed E-state index contributed by atoms with van der Waals surface area (Å²) in [6, 6.07) is 3.73. The van der Waals surface area contributed by atoms with Crippen molar-refractivity contribution in [1.82, 2.24) is 4.98 Å². The van der Waals surface area contributed by atoms with E-state index in [0.29, 0.717) is 0 Å². The molecule has 0 aliphatic heterocycles. The van der Waals surface area contributed by atoms with Gasteiger partial charge in [0.1, 0.15) is 4.64 Å². The van der Waals surface area contributed by atoms with E-state index in [1.807, 2.05) is 18.3 Å². The Morgan fingerprint density at radius 1 is 1.50 bits per heavy atom. The first-order valence-electron chi connectivity index (χ1n) is 2.13. The van der Waals surface area contributed by atoms with Gasteiger partial charge in [-0.2, -0.15) is 0 Å². The van der Waals surface area contributed by atoms with Gasteiger partial charge in [0.2, 0.25) is 0 Å². The van der Waals surface area contributed by atoms with E-state index in [2.05, 4.69) is 20.9 Å². The summed E-state index contributed by atoms with van der Waals surface area (Å²) in [7, 11) is 0. The summed E-state index contributed by atoms with van der Waals surface area (Å²) in [5.74, 6) is 0. The van der Waals surface area contributed by atoms with E-state index in [-0.39, 0.29) is 0 Å². The molecule has 42 valence electrons. The first-order chi connectivity index (χ1) is 3.79. The van der Waals surface area contributed by atoms with Crippen LogP contribution in [0.1, 0.15) is 0 Å². The van der Waals surface area contributed by atoms with Gasteiger partial charge in [-0.05, 0) is 28.1 Å². The summed E-state index contributed by atoms with van der Waals surface area (Å²) in [5.41, 5.74) is 0. The van der Waals surface area contributed by atoms with Gasteiger partial charge in [0.05, 0.1) is 0 Å². The maximum absolute atomic E-state index is 4.80. The Balaban J connectivity index is 3.22. The molecule has 1 nitrogen and oxygen atoms in total. The quantitative estimate of drug-likeness (QED) is 0.621. The fourth-order valence-corrected chi connectivity index (χ4v) is 0.765. The van der Waals surface area contributed by atoms with E-state index in [1.165, 1.54) is 0 Å². The van der Waals surface area contributed by atoms with Crippen LogP contribution in [-0.4, -0.2) is 4.98 Å². The minimum Gasteiger partial charge on any atom is -0.352 e. The molecule has 0 saturated carbocycles. The van der Waals surface area contributed by atoms with Crippen LogP contribution in [0.4, 0.5) is 0 Å². The zero-order chi connectivity index (χ0) is 5.98. The first kappa shape index (κ1) is 5.98. The smallest absolute Gasteiger partial charge is 0.103 e. The van der Waals surface area contributed by atoms with Crippen molar-refractivity contribution in [2.24, 2.45) is 0 Å². The van der Waals surface area contributed by atoms with Crippen LogP contribution in [0.15, 0.2) is 22.8 Å². The molecule has 0 aromatic carbocycles. The highest BCUT2D eigenvalue weighted by Gasteiger charge is 1.78. The van der Waals surface area contributed by atoms with E-state index in [1.54, 1.807) is 0 Å². The molecule has 0 bridgehead atoms. The SMILES string of the molecule is S=c1ccc(Br)c[nH]1. The molecule has 0 unspecified atom stereocenters. The summed E-state index contributed by atoms with van der Waals surface area (Å²) in [6.07, 6.45) is 1.81. The van der Waals surface area contributed by atoms with Crippen molar-refractivity contribution >= 4 is 28.1 Å². The zero-order valence-electron chi connectivity index (χ0n) is 4.02. The predicted molar refractivity (Wildman–Crippen MR) is 39.3 cm³/mol. The van der Waals surface area contributed by atoms with Crippen molar-refractivity contribution < 1.29 is 0 Å². The molecule has 0 aliphatic rings. The minimum absolute atomic E-state index is 0.758. The minimum atomic E-state index is 0.758. The van der Waals surface area contributed by atoms with Crippen molar-refractivity contribution in [3.63, 3.8) is 0 Å². The second-order valence-corrected chi connectivity index (χ2v) is 2.73. The van der Waals surface area contributed by atoms with E-state index in [0.717, 1.165) is 9.11 Å². The van der Waals surface area contributed by atoms with Crippen LogP contribution in [0.5, 0.6) is 0 Å². The molecule has 0 spiro atoms. The van der Waals surface area contributed by atoms with Gasteiger partial charge < -0.3 is 4.98 Å². The standard InChI is InChI=1S/C5H4BrNS/c6-4-1-2-5(8)7-3-4/h1-3H,(H,7,8). The Labute approximate surface area is 60.9 Å². The maximum Gasteiger partial charge on any atom is 0.103 e. The number of rotatable bonds is 0. The molecule has 1 aromatic heterocycles. The van der Waals surface area contributed by atoms with Crippen molar-refractivity contribution in [2.75, 3.05) is 0 Å². The van der Waals surface area contributed by atoms with Crippen LogP contribution in [-0.2, 0) is 0 Å². The van der Waals surface area contributed by atoms with Crippen molar-refractivity contribution in [1.29, 1.82) is 0 Å². The van der Waals surface area contributed by atoms with E-state index in [4.69, 9.17) is 12.2 Å². The number of aromatic nitrogens is 1. The molecule has 0 fully saturated rings. The number of H-pyrrole nitrogens is 1. The number of hydrogen-bond acceptors (Lipinski definition) is 1. The molecule has 8 heavy (non-hydrogen) atoms. The van der Waals surface area contributed by atoms with Crippen LogP contribution < -0.4 is 0 Å². The third kappa shape index (κ3) is 1.42. The molecule has 0 amide bonds. The third-order valence-electron chi connectivity index (χ3n) is 0.746. The molecular formula is C5H4BrNS. The van der Waals surface area contributed by atoms with Gasteiger partial charge in [0, 0.05) is 10.7 Å². The Kier molecular flexibility index (Phi) is 1.81. The van der Waals surface area contributed by atoms with Crippen molar-refractivity contribution in [3.05, 3.63) is 27.4 Å². The molecule has 1 aromatic rings. The summed E-state index contributed by atoms with van der Waals surface area (Å²) in [4.78, 5) is 2.87. The largest absolute Gasteiger partial charge is 0.352 e. The van der Waals surface area contributed by atoms with E-state index in [9.17, 15) is 0 Å². The summed E-state index contributed by atoms with van der Waals surface area (Å²) >= 11 is 8.06. The lowest BCUT2D eigenvalue weighted by atomic mass is 10.5. The molecule has 0 atom stereocenters. The van der Waals surface area contributed by atoms with Gasteiger partial charge in [-0.25, -0.2) is 0 Å². The number of halogens is 1. The molecule has 0 radical (unpaired) electrons. The van der Waals surface area contributed by atoms with Crippen LogP contribution in [0, 0.1) is 4.64 Å². The molecule has 0 saturated heterocycles.